The van der Waals surface area contributed by atoms with Crippen molar-refractivity contribution in [3.63, 3.8) is 0 Å². The number of rotatable bonds is 2. The number of phenols is 1. The predicted molar refractivity (Wildman–Crippen MR) is 57.2 cm³/mol. The topological polar surface area (TPSA) is 37.3 Å². The first-order valence-corrected chi connectivity index (χ1v) is 4.88. The summed E-state index contributed by atoms with van der Waals surface area (Å²) in [6.07, 6.45) is 0.665. The van der Waals surface area contributed by atoms with Crippen molar-refractivity contribution in [3.8, 4) is 5.75 Å². The van der Waals surface area contributed by atoms with Crippen molar-refractivity contribution < 1.29 is 9.90 Å². The molecule has 1 rings (SSSR count). The molecule has 0 amide bonds. The van der Waals surface area contributed by atoms with Crippen molar-refractivity contribution in [2.75, 3.05) is 0 Å². The molecular weight excluding hydrogens is 200 g/mol. The van der Waals surface area contributed by atoms with Gasteiger partial charge in [-0.05, 0) is 37.5 Å². The van der Waals surface area contributed by atoms with E-state index in [1.165, 1.54) is 13.0 Å². The standard InChI is InChI=1S/C11H13ClO2/c1-4-8-6(2)10(12)5-9(7(3)13)11(8)14/h5,14H,4H2,1-3H3. The summed E-state index contributed by atoms with van der Waals surface area (Å²) in [6, 6.07) is 1.52. The van der Waals surface area contributed by atoms with Crippen LogP contribution in [-0.2, 0) is 6.42 Å². The number of phenolic OH excluding ortho intramolecular Hbond substituents is 1. The summed E-state index contributed by atoms with van der Waals surface area (Å²) in [5, 5.41) is 10.3. The minimum atomic E-state index is -0.167. The molecule has 0 aliphatic heterocycles. The molecule has 76 valence electrons. The SMILES string of the molecule is CCc1c(C)c(Cl)cc(C(C)=O)c1O. The second kappa shape index (κ2) is 4.01. The van der Waals surface area contributed by atoms with Crippen molar-refractivity contribution in [2.45, 2.75) is 27.2 Å². The highest BCUT2D eigenvalue weighted by Gasteiger charge is 2.15. The fraction of sp³-hybridized carbons (Fsp3) is 0.364. The molecule has 1 aromatic rings. The zero-order chi connectivity index (χ0) is 10.9. The molecule has 0 spiro atoms. The molecule has 0 saturated heterocycles. The maximum Gasteiger partial charge on any atom is 0.163 e. The van der Waals surface area contributed by atoms with Gasteiger partial charge in [0.25, 0.3) is 0 Å². The third-order valence-corrected chi connectivity index (χ3v) is 2.75. The van der Waals surface area contributed by atoms with Gasteiger partial charge < -0.3 is 5.11 Å². The lowest BCUT2D eigenvalue weighted by atomic mass is 9.99. The number of hydrogen-bond donors (Lipinski definition) is 1. The molecule has 0 atom stereocenters. The van der Waals surface area contributed by atoms with Crippen molar-refractivity contribution in [1.82, 2.24) is 0 Å². The fourth-order valence-corrected chi connectivity index (χ4v) is 1.71. The minimum absolute atomic E-state index is 0.0712. The van der Waals surface area contributed by atoms with Gasteiger partial charge in [-0.3, -0.25) is 4.79 Å². The average Bonchev–Trinajstić information content (AvgIpc) is 2.12. The van der Waals surface area contributed by atoms with Crippen molar-refractivity contribution in [3.05, 3.63) is 27.8 Å². The highest BCUT2D eigenvalue weighted by molar-refractivity contribution is 6.32. The quantitative estimate of drug-likeness (QED) is 0.765. The first kappa shape index (κ1) is 11.1. The minimum Gasteiger partial charge on any atom is -0.507 e. The Balaban J connectivity index is 3.50. The molecule has 2 nitrogen and oxygen atoms in total. The molecule has 1 aromatic carbocycles. The molecule has 0 saturated carbocycles. The second-order valence-corrected chi connectivity index (χ2v) is 3.68. The Hall–Kier alpha value is -1.02. The van der Waals surface area contributed by atoms with E-state index in [0.717, 1.165) is 11.1 Å². The predicted octanol–water partition coefficient (Wildman–Crippen LogP) is 3.12. The summed E-state index contributed by atoms with van der Waals surface area (Å²) < 4.78 is 0. The van der Waals surface area contributed by atoms with Gasteiger partial charge in [0.05, 0.1) is 5.56 Å². The monoisotopic (exact) mass is 212 g/mol. The van der Waals surface area contributed by atoms with Gasteiger partial charge in [0.15, 0.2) is 5.78 Å². The maximum atomic E-state index is 11.2. The van der Waals surface area contributed by atoms with Crippen LogP contribution in [0.15, 0.2) is 6.07 Å². The summed E-state index contributed by atoms with van der Waals surface area (Å²) >= 11 is 5.95. The lowest BCUT2D eigenvalue weighted by molar-refractivity contribution is 0.101. The number of carbonyl (C=O) groups excluding carboxylic acids is 1. The summed E-state index contributed by atoms with van der Waals surface area (Å²) in [6.45, 7) is 5.17. The summed E-state index contributed by atoms with van der Waals surface area (Å²) in [5.41, 5.74) is 1.90. The van der Waals surface area contributed by atoms with Gasteiger partial charge >= 0.3 is 0 Å². The maximum absolute atomic E-state index is 11.2. The number of halogens is 1. The van der Waals surface area contributed by atoms with Crippen LogP contribution < -0.4 is 0 Å². The molecule has 0 radical (unpaired) electrons. The van der Waals surface area contributed by atoms with Crippen molar-refractivity contribution >= 4 is 17.4 Å². The Morgan fingerprint density at radius 3 is 2.57 bits per heavy atom. The average molecular weight is 213 g/mol. The molecular formula is C11H13ClO2. The molecule has 0 heterocycles. The fourth-order valence-electron chi connectivity index (χ4n) is 1.49. The van der Waals surface area contributed by atoms with Gasteiger partial charge in [0.1, 0.15) is 5.75 Å². The van der Waals surface area contributed by atoms with E-state index in [9.17, 15) is 9.90 Å². The number of benzene rings is 1. The Labute approximate surface area is 88.5 Å². The summed E-state index contributed by atoms with van der Waals surface area (Å²) in [4.78, 5) is 11.2. The van der Waals surface area contributed by atoms with E-state index >= 15 is 0 Å². The summed E-state index contributed by atoms with van der Waals surface area (Å²) in [5.74, 6) is -0.0963. The Kier molecular flexibility index (Phi) is 3.17. The first-order chi connectivity index (χ1) is 6.49. The van der Waals surface area contributed by atoms with Crippen LogP contribution in [0.3, 0.4) is 0 Å². The number of carbonyl (C=O) groups is 1. The smallest absolute Gasteiger partial charge is 0.163 e. The van der Waals surface area contributed by atoms with Crippen LogP contribution in [-0.4, -0.2) is 10.9 Å². The van der Waals surface area contributed by atoms with Crippen LogP contribution in [0, 0.1) is 6.92 Å². The number of hydrogen-bond acceptors (Lipinski definition) is 2. The third-order valence-electron chi connectivity index (χ3n) is 2.36. The zero-order valence-corrected chi connectivity index (χ0v) is 9.27. The molecule has 0 aromatic heterocycles. The normalized spacial score (nSPS) is 10.3. The van der Waals surface area contributed by atoms with Gasteiger partial charge in [-0.1, -0.05) is 18.5 Å². The van der Waals surface area contributed by atoms with Gasteiger partial charge in [-0.25, -0.2) is 0 Å². The Bertz CT molecular complexity index is 383. The van der Waals surface area contributed by atoms with Crippen molar-refractivity contribution in [2.24, 2.45) is 0 Å². The second-order valence-electron chi connectivity index (χ2n) is 3.27. The van der Waals surface area contributed by atoms with Crippen LogP contribution in [0.1, 0.15) is 35.3 Å². The lowest BCUT2D eigenvalue weighted by Crippen LogP contribution is -1.98. The van der Waals surface area contributed by atoms with Crippen LogP contribution in [0.5, 0.6) is 5.75 Å². The van der Waals surface area contributed by atoms with Gasteiger partial charge in [0.2, 0.25) is 0 Å². The van der Waals surface area contributed by atoms with Gasteiger partial charge in [-0.15, -0.1) is 0 Å². The van der Waals surface area contributed by atoms with E-state index in [-0.39, 0.29) is 11.5 Å². The van der Waals surface area contributed by atoms with Gasteiger partial charge in [0, 0.05) is 5.02 Å². The highest BCUT2D eigenvalue weighted by atomic mass is 35.5. The molecule has 0 unspecified atom stereocenters. The van der Waals surface area contributed by atoms with E-state index in [0.29, 0.717) is 17.0 Å². The van der Waals surface area contributed by atoms with E-state index < -0.39 is 0 Å². The van der Waals surface area contributed by atoms with E-state index in [1.807, 2.05) is 13.8 Å². The van der Waals surface area contributed by atoms with Crippen LogP contribution >= 0.6 is 11.6 Å². The molecule has 3 heteroatoms. The number of Topliss-reactive ketones (excluding diaryl/α,β-unsaturated/α-hetero) is 1. The number of ketones is 1. The molecule has 14 heavy (non-hydrogen) atoms. The zero-order valence-electron chi connectivity index (χ0n) is 8.52. The van der Waals surface area contributed by atoms with Gasteiger partial charge in [-0.2, -0.15) is 0 Å². The van der Waals surface area contributed by atoms with E-state index in [4.69, 9.17) is 11.6 Å². The number of aromatic hydroxyl groups is 1. The first-order valence-electron chi connectivity index (χ1n) is 4.50. The lowest BCUT2D eigenvalue weighted by Gasteiger charge is -2.11. The molecule has 0 bridgehead atoms. The molecule has 0 aliphatic carbocycles. The third kappa shape index (κ3) is 1.75. The molecule has 0 aliphatic rings. The summed E-state index contributed by atoms with van der Waals surface area (Å²) in [7, 11) is 0. The Morgan fingerprint density at radius 2 is 2.14 bits per heavy atom. The highest BCUT2D eigenvalue weighted by Crippen LogP contribution is 2.32. The molecule has 1 N–H and O–H groups in total. The van der Waals surface area contributed by atoms with Crippen LogP contribution in [0.25, 0.3) is 0 Å². The van der Waals surface area contributed by atoms with Crippen LogP contribution in [0.2, 0.25) is 5.02 Å². The van der Waals surface area contributed by atoms with Crippen molar-refractivity contribution in [1.29, 1.82) is 0 Å². The largest absolute Gasteiger partial charge is 0.507 e. The van der Waals surface area contributed by atoms with E-state index in [2.05, 4.69) is 0 Å². The van der Waals surface area contributed by atoms with E-state index in [1.54, 1.807) is 0 Å². The molecule has 0 fully saturated rings. The van der Waals surface area contributed by atoms with Crippen LogP contribution in [0.4, 0.5) is 0 Å². The Morgan fingerprint density at radius 1 is 1.57 bits per heavy atom.